The van der Waals surface area contributed by atoms with Gasteiger partial charge in [0, 0.05) is 17.1 Å². The van der Waals surface area contributed by atoms with E-state index in [0.717, 1.165) is 5.52 Å². The fraction of sp³-hybridized carbons (Fsp3) is 0.308. The molecular formula is C13H15N3O2. The van der Waals surface area contributed by atoms with Gasteiger partial charge in [-0.2, -0.15) is 0 Å². The van der Waals surface area contributed by atoms with Crippen LogP contribution in [0.15, 0.2) is 30.5 Å². The third-order valence-corrected chi connectivity index (χ3v) is 3.39. The van der Waals surface area contributed by atoms with Gasteiger partial charge in [0.05, 0.1) is 13.2 Å². The summed E-state index contributed by atoms with van der Waals surface area (Å²) in [7, 11) is 1.41. The molecule has 1 aromatic carbocycles. The fourth-order valence-corrected chi connectivity index (χ4v) is 2.44. The highest BCUT2D eigenvalue weighted by Crippen LogP contribution is 2.29. The number of benzene rings is 1. The van der Waals surface area contributed by atoms with Crippen molar-refractivity contribution >= 4 is 16.9 Å². The maximum absolute atomic E-state index is 11.5. The van der Waals surface area contributed by atoms with Gasteiger partial charge in [-0.05, 0) is 18.1 Å². The number of aromatic amines is 1. The zero-order valence-corrected chi connectivity index (χ0v) is 10.1. The van der Waals surface area contributed by atoms with Crippen LogP contribution in [0.4, 0.5) is 0 Å². The Morgan fingerprint density at radius 3 is 3.00 bits per heavy atom. The van der Waals surface area contributed by atoms with E-state index in [-0.39, 0.29) is 18.1 Å². The first-order valence-corrected chi connectivity index (χ1v) is 5.94. The highest BCUT2D eigenvalue weighted by molar-refractivity contribution is 5.84. The molecule has 2 aromatic rings. The van der Waals surface area contributed by atoms with Gasteiger partial charge in [-0.3, -0.25) is 4.79 Å². The van der Waals surface area contributed by atoms with Crippen LogP contribution in [0.25, 0.3) is 10.9 Å². The summed E-state index contributed by atoms with van der Waals surface area (Å²) in [5, 5.41) is 1.18. The lowest BCUT2D eigenvalue weighted by molar-refractivity contribution is -0.142. The van der Waals surface area contributed by atoms with Gasteiger partial charge in [0.2, 0.25) is 0 Å². The Morgan fingerprint density at radius 2 is 2.17 bits per heavy atom. The number of hydrogen-bond donors (Lipinski definition) is 3. The number of para-hydroxylation sites is 1. The van der Waals surface area contributed by atoms with Gasteiger partial charge in [0.15, 0.2) is 0 Å². The summed E-state index contributed by atoms with van der Waals surface area (Å²) in [5.41, 5.74) is 8.40. The van der Waals surface area contributed by atoms with Crippen molar-refractivity contribution in [1.29, 1.82) is 0 Å². The average molecular weight is 245 g/mol. The van der Waals surface area contributed by atoms with Crippen LogP contribution < -0.4 is 10.9 Å². The van der Waals surface area contributed by atoms with E-state index in [1.165, 1.54) is 18.1 Å². The Kier molecular flexibility index (Phi) is 2.77. The van der Waals surface area contributed by atoms with Crippen LogP contribution in [-0.4, -0.2) is 24.1 Å². The molecule has 0 saturated carbocycles. The Labute approximate surface area is 104 Å². The third kappa shape index (κ3) is 1.77. The highest BCUT2D eigenvalue weighted by Gasteiger charge is 2.31. The number of ether oxygens (including phenoxy) is 1. The van der Waals surface area contributed by atoms with Gasteiger partial charge in [0.1, 0.15) is 6.04 Å². The number of nitrogens with one attached hydrogen (secondary N) is 3. The maximum Gasteiger partial charge on any atom is 0.324 e. The summed E-state index contributed by atoms with van der Waals surface area (Å²) in [4.78, 5) is 14.7. The summed E-state index contributed by atoms with van der Waals surface area (Å²) in [6, 6.07) is 7.96. The van der Waals surface area contributed by atoms with E-state index in [9.17, 15) is 4.79 Å². The lowest BCUT2D eigenvalue weighted by atomic mass is 10.0. The molecule has 1 aliphatic rings. The second-order valence-corrected chi connectivity index (χ2v) is 4.44. The standard InChI is InChI=1S/C13H15N3O2/c1-18-13(17)12-6-11(15-16-12)9-7-14-10-5-3-2-4-8(9)10/h2-5,7,11-12,14-16H,6H2,1H3. The quantitative estimate of drug-likeness (QED) is 0.697. The largest absolute Gasteiger partial charge is 0.468 e. The first-order valence-electron chi connectivity index (χ1n) is 5.94. The third-order valence-electron chi connectivity index (χ3n) is 3.39. The number of aromatic nitrogens is 1. The molecule has 1 aliphatic heterocycles. The molecular weight excluding hydrogens is 230 g/mol. The van der Waals surface area contributed by atoms with Gasteiger partial charge in [-0.15, -0.1) is 0 Å². The molecule has 1 saturated heterocycles. The number of fused-ring (bicyclic) bond motifs is 1. The van der Waals surface area contributed by atoms with Gasteiger partial charge in [-0.25, -0.2) is 10.9 Å². The summed E-state index contributed by atoms with van der Waals surface area (Å²) < 4.78 is 4.74. The summed E-state index contributed by atoms with van der Waals surface area (Å²) >= 11 is 0. The van der Waals surface area contributed by atoms with Gasteiger partial charge >= 0.3 is 5.97 Å². The average Bonchev–Trinajstić information content (AvgIpc) is 3.03. The van der Waals surface area contributed by atoms with Crippen molar-refractivity contribution in [2.24, 2.45) is 0 Å². The Bertz CT molecular complexity index is 578. The second kappa shape index (κ2) is 4.44. The zero-order chi connectivity index (χ0) is 12.5. The first-order chi connectivity index (χ1) is 8.79. The lowest BCUT2D eigenvalue weighted by Crippen LogP contribution is -2.36. The SMILES string of the molecule is COC(=O)C1CC(c2c[nH]c3ccccc23)NN1. The maximum atomic E-state index is 11.5. The van der Waals surface area contributed by atoms with Crippen molar-refractivity contribution in [3.63, 3.8) is 0 Å². The van der Waals surface area contributed by atoms with E-state index in [4.69, 9.17) is 4.74 Å². The predicted molar refractivity (Wildman–Crippen MR) is 67.7 cm³/mol. The summed E-state index contributed by atoms with van der Waals surface area (Å²) in [5.74, 6) is -0.232. The molecule has 2 heterocycles. The fourth-order valence-electron chi connectivity index (χ4n) is 2.44. The van der Waals surface area contributed by atoms with Crippen molar-refractivity contribution in [2.45, 2.75) is 18.5 Å². The number of esters is 1. The van der Waals surface area contributed by atoms with Gasteiger partial charge in [-0.1, -0.05) is 18.2 Å². The molecule has 3 N–H and O–H groups in total. The van der Waals surface area contributed by atoms with E-state index in [0.29, 0.717) is 6.42 Å². The number of carbonyl (C=O) groups excluding carboxylic acids is 1. The van der Waals surface area contributed by atoms with Crippen LogP contribution in [0.3, 0.4) is 0 Å². The molecule has 2 atom stereocenters. The number of hydrazine groups is 1. The molecule has 0 aliphatic carbocycles. The van der Waals surface area contributed by atoms with Crippen molar-refractivity contribution < 1.29 is 9.53 Å². The highest BCUT2D eigenvalue weighted by atomic mass is 16.5. The summed E-state index contributed by atoms with van der Waals surface area (Å²) in [6.45, 7) is 0. The summed E-state index contributed by atoms with van der Waals surface area (Å²) in [6.07, 6.45) is 2.68. The second-order valence-electron chi connectivity index (χ2n) is 4.44. The molecule has 3 rings (SSSR count). The van der Waals surface area contributed by atoms with Crippen molar-refractivity contribution in [2.75, 3.05) is 7.11 Å². The molecule has 2 unspecified atom stereocenters. The Hall–Kier alpha value is -1.85. The zero-order valence-electron chi connectivity index (χ0n) is 10.1. The van der Waals surface area contributed by atoms with E-state index in [1.54, 1.807) is 0 Å². The molecule has 18 heavy (non-hydrogen) atoms. The number of methoxy groups -OCH3 is 1. The van der Waals surface area contributed by atoms with Crippen molar-refractivity contribution in [1.82, 2.24) is 15.8 Å². The molecule has 94 valence electrons. The minimum absolute atomic E-state index is 0.116. The van der Waals surface area contributed by atoms with E-state index >= 15 is 0 Å². The first kappa shape index (κ1) is 11.3. The molecule has 5 nitrogen and oxygen atoms in total. The van der Waals surface area contributed by atoms with Gasteiger partial charge < -0.3 is 9.72 Å². The van der Waals surface area contributed by atoms with Crippen LogP contribution in [0.5, 0.6) is 0 Å². The monoisotopic (exact) mass is 245 g/mol. The van der Waals surface area contributed by atoms with Crippen LogP contribution in [0, 0.1) is 0 Å². The van der Waals surface area contributed by atoms with Crippen molar-refractivity contribution in [3.8, 4) is 0 Å². The minimum Gasteiger partial charge on any atom is -0.468 e. The van der Waals surface area contributed by atoms with Crippen molar-refractivity contribution in [3.05, 3.63) is 36.0 Å². The topological polar surface area (TPSA) is 66.2 Å². The molecule has 5 heteroatoms. The van der Waals surface area contributed by atoms with Crippen LogP contribution >= 0.6 is 0 Å². The predicted octanol–water partition coefficient (Wildman–Crippen LogP) is 1.25. The van der Waals surface area contributed by atoms with Crippen LogP contribution in [0.1, 0.15) is 18.0 Å². The number of rotatable bonds is 2. The molecule has 1 aromatic heterocycles. The smallest absolute Gasteiger partial charge is 0.324 e. The van der Waals surface area contributed by atoms with E-state index in [2.05, 4.69) is 21.9 Å². The number of hydrogen-bond acceptors (Lipinski definition) is 4. The Morgan fingerprint density at radius 1 is 1.33 bits per heavy atom. The molecule has 0 amide bonds. The molecule has 0 radical (unpaired) electrons. The minimum atomic E-state index is -0.284. The lowest BCUT2D eigenvalue weighted by Gasteiger charge is -2.07. The molecule has 0 bridgehead atoms. The Balaban J connectivity index is 1.86. The molecule has 1 fully saturated rings. The van der Waals surface area contributed by atoms with E-state index < -0.39 is 0 Å². The molecule has 0 spiro atoms. The van der Waals surface area contributed by atoms with Crippen LogP contribution in [0.2, 0.25) is 0 Å². The number of H-pyrrole nitrogens is 1. The normalized spacial score (nSPS) is 23.4. The van der Waals surface area contributed by atoms with Gasteiger partial charge in [0.25, 0.3) is 0 Å². The van der Waals surface area contributed by atoms with E-state index in [1.807, 2.05) is 24.4 Å². The number of carbonyl (C=O) groups is 1. The van der Waals surface area contributed by atoms with Crippen LogP contribution in [-0.2, 0) is 9.53 Å².